The number of rotatable bonds is 1. The highest BCUT2D eigenvalue weighted by atomic mass is 19.4. The zero-order valence-corrected chi connectivity index (χ0v) is 15.9. The van der Waals surface area contributed by atoms with Crippen molar-refractivity contribution in [3.8, 4) is 0 Å². The van der Waals surface area contributed by atoms with E-state index in [1.165, 1.54) is 6.20 Å². The fourth-order valence-electron chi connectivity index (χ4n) is 4.64. The van der Waals surface area contributed by atoms with Gasteiger partial charge in [0.2, 0.25) is 0 Å². The van der Waals surface area contributed by atoms with Gasteiger partial charge < -0.3 is 5.32 Å². The van der Waals surface area contributed by atoms with E-state index in [1.54, 1.807) is 31.2 Å². The monoisotopic (exact) mass is 386 g/mol. The van der Waals surface area contributed by atoms with Gasteiger partial charge in [-0.1, -0.05) is 44.2 Å². The van der Waals surface area contributed by atoms with Gasteiger partial charge in [0.25, 0.3) is 0 Å². The number of ketones is 1. The number of benzene rings is 1. The van der Waals surface area contributed by atoms with Gasteiger partial charge in [0, 0.05) is 29.5 Å². The topological polar surface area (TPSA) is 42.0 Å². The summed E-state index contributed by atoms with van der Waals surface area (Å²) >= 11 is 0. The third-order valence-corrected chi connectivity index (χ3v) is 5.75. The van der Waals surface area contributed by atoms with Crippen LogP contribution in [0, 0.1) is 5.41 Å². The summed E-state index contributed by atoms with van der Waals surface area (Å²) in [5.41, 5.74) is -0.502. The number of carbonyl (C=O) groups is 1. The predicted octanol–water partition coefficient (Wildman–Crippen LogP) is 5.48. The van der Waals surface area contributed by atoms with Crippen molar-refractivity contribution in [2.45, 2.75) is 45.2 Å². The lowest BCUT2D eigenvalue weighted by Gasteiger charge is -2.45. The summed E-state index contributed by atoms with van der Waals surface area (Å²) in [5, 5.41) is 3.07. The molecule has 0 saturated carbocycles. The van der Waals surface area contributed by atoms with Crippen molar-refractivity contribution in [2.75, 3.05) is 5.32 Å². The first kappa shape index (κ1) is 18.7. The molecule has 1 aliphatic carbocycles. The van der Waals surface area contributed by atoms with Gasteiger partial charge >= 0.3 is 6.18 Å². The normalized spacial score (nSPS) is 23.7. The number of carbonyl (C=O) groups excluding carboxylic acids is 1. The van der Waals surface area contributed by atoms with Crippen LogP contribution in [-0.4, -0.2) is 10.8 Å². The van der Waals surface area contributed by atoms with Gasteiger partial charge in [0.1, 0.15) is 5.82 Å². The SMILES string of the molecule is CC1(C)CC(=O)C2=C(C1)Nc1nccc(C(F)(F)F)c1[C@]2(C)c1ccccc1. The molecule has 28 heavy (non-hydrogen) atoms. The molecule has 0 bridgehead atoms. The van der Waals surface area contributed by atoms with E-state index in [0.29, 0.717) is 29.7 Å². The van der Waals surface area contributed by atoms with Crippen LogP contribution in [0.3, 0.4) is 0 Å². The largest absolute Gasteiger partial charge is 0.416 e. The minimum atomic E-state index is -4.56. The summed E-state index contributed by atoms with van der Waals surface area (Å²) in [4.78, 5) is 17.4. The average Bonchev–Trinajstić information content (AvgIpc) is 2.59. The van der Waals surface area contributed by atoms with Crippen LogP contribution in [0.2, 0.25) is 0 Å². The molecule has 1 atom stereocenters. The van der Waals surface area contributed by atoms with Crippen LogP contribution in [0.5, 0.6) is 0 Å². The molecule has 146 valence electrons. The highest BCUT2D eigenvalue weighted by molar-refractivity contribution is 6.03. The minimum absolute atomic E-state index is 0.0144. The van der Waals surface area contributed by atoms with E-state index in [9.17, 15) is 18.0 Å². The quantitative estimate of drug-likeness (QED) is 0.706. The molecule has 0 amide bonds. The molecule has 2 aliphatic rings. The number of aromatic nitrogens is 1. The number of anilines is 1. The van der Waals surface area contributed by atoms with Crippen molar-refractivity contribution in [1.29, 1.82) is 0 Å². The Kier molecular flexibility index (Phi) is 3.97. The molecule has 4 rings (SSSR count). The molecule has 0 radical (unpaired) electrons. The Labute approximate surface area is 161 Å². The van der Waals surface area contributed by atoms with Crippen LogP contribution in [0.1, 0.15) is 50.3 Å². The van der Waals surface area contributed by atoms with Crippen molar-refractivity contribution in [3.63, 3.8) is 0 Å². The van der Waals surface area contributed by atoms with Gasteiger partial charge in [-0.05, 0) is 30.4 Å². The fraction of sp³-hybridized carbons (Fsp3) is 0.364. The second kappa shape index (κ2) is 5.93. The highest BCUT2D eigenvalue weighted by Gasteiger charge is 2.51. The molecule has 1 aromatic carbocycles. The Bertz CT molecular complexity index is 993. The van der Waals surface area contributed by atoms with E-state index >= 15 is 0 Å². The molecular weight excluding hydrogens is 365 g/mol. The molecule has 1 N–H and O–H groups in total. The Balaban J connectivity index is 2.08. The summed E-state index contributed by atoms with van der Waals surface area (Å²) in [6.45, 7) is 5.70. The van der Waals surface area contributed by atoms with Crippen molar-refractivity contribution >= 4 is 11.6 Å². The van der Waals surface area contributed by atoms with E-state index in [1.807, 2.05) is 19.9 Å². The van der Waals surface area contributed by atoms with Crippen molar-refractivity contribution < 1.29 is 18.0 Å². The van der Waals surface area contributed by atoms with Crippen molar-refractivity contribution in [2.24, 2.45) is 5.41 Å². The zero-order chi connectivity index (χ0) is 20.3. The maximum absolute atomic E-state index is 13.9. The van der Waals surface area contributed by atoms with Gasteiger partial charge in [-0.3, -0.25) is 4.79 Å². The smallest absolute Gasteiger partial charge is 0.343 e. The summed E-state index contributed by atoms with van der Waals surface area (Å²) in [7, 11) is 0. The lowest BCUT2D eigenvalue weighted by atomic mass is 9.61. The number of halogens is 3. The van der Waals surface area contributed by atoms with Crippen LogP contribution in [0.25, 0.3) is 0 Å². The molecule has 2 aromatic rings. The first-order valence-corrected chi connectivity index (χ1v) is 9.20. The van der Waals surface area contributed by atoms with Crippen LogP contribution in [-0.2, 0) is 16.4 Å². The Morgan fingerprint density at radius 2 is 1.71 bits per heavy atom. The first-order chi connectivity index (χ1) is 13.0. The average molecular weight is 386 g/mol. The molecule has 3 nitrogen and oxygen atoms in total. The summed E-state index contributed by atoms with van der Waals surface area (Å²) < 4.78 is 41.8. The first-order valence-electron chi connectivity index (χ1n) is 9.20. The lowest BCUT2D eigenvalue weighted by molar-refractivity contribution is -0.138. The third-order valence-electron chi connectivity index (χ3n) is 5.75. The number of Topliss-reactive ketones (excluding diaryl/α,β-unsaturated/α-hetero) is 1. The minimum Gasteiger partial charge on any atom is -0.343 e. The number of allylic oxidation sites excluding steroid dienone is 2. The maximum Gasteiger partial charge on any atom is 0.416 e. The van der Waals surface area contributed by atoms with Crippen molar-refractivity contribution in [1.82, 2.24) is 4.98 Å². The Hall–Kier alpha value is -2.63. The van der Waals surface area contributed by atoms with Crippen LogP contribution in [0.4, 0.5) is 19.0 Å². The molecule has 0 unspecified atom stereocenters. The Morgan fingerprint density at radius 1 is 1.04 bits per heavy atom. The second-order valence-electron chi connectivity index (χ2n) is 8.49. The van der Waals surface area contributed by atoms with E-state index in [2.05, 4.69) is 10.3 Å². The number of nitrogens with one attached hydrogen (secondary N) is 1. The third kappa shape index (κ3) is 2.74. The number of fused-ring (bicyclic) bond motifs is 1. The summed E-state index contributed by atoms with van der Waals surface area (Å²) in [6, 6.07) is 9.92. The van der Waals surface area contributed by atoms with Gasteiger partial charge in [0.05, 0.1) is 11.0 Å². The second-order valence-corrected chi connectivity index (χ2v) is 8.49. The number of alkyl halides is 3. The molecule has 1 aromatic heterocycles. The Morgan fingerprint density at radius 3 is 2.36 bits per heavy atom. The number of pyridine rings is 1. The van der Waals surface area contributed by atoms with E-state index in [0.717, 1.165) is 6.07 Å². The zero-order valence-electron chi connectivity index (χ0n) is 15.9. The fourth-order valence-corrected chi connectivity index (χ4v) is 4.64. The van der Waals surface area contributed by atoms with Crippen LogP contribution < -0.4 is 5.32 Å². The van der Waals surface area contributed by atoms with Crippen LogP contribution >= 0.6 is 0 Å². The highest BCUT2D eigenvalue weighted by Crippen LogP contribution is 2.54. The van der Waals surface area contributed by atoms with Gasteiger partial charge in [0.15, 0.2) is 5.78 Å². The number of nitrogens with zero attached hydrogens (tertiary/aromatic N) is 1. The molecule has 0 fully saturated rings. The van der Waals surface area contributed by atoms with Crippen molar-refractivity contribution in [3.05, 3.63) is 70.6 Å². The molecule has 6 heteroatoms. The predicted molar refractivity (Wildman–Crippen MR) is 101 cm³/mol. The van der Waals surface area contributed by atoms with E-state index in [4.69, 9.17) is 0 Å². The van der Waals surface area contributed by atoms with E-state index < -0.39 is 17.2 Å². The standard InChI is InChI=1S/C22H21F3N2O/c1-20(2)11-15-18(16(28)12-20)21(3,13-7-5-4-6-8-13)17-14(22(23,24)25)9-10-26-19(17)27-15/h4-10H,11-12H2,1-3H3,(H,26,27)/t21-/m0/s1. The maximum atomic E-state index is 13.9. The molecule has 1 aliphatic heterocycles. The molecular formula is C22H21F3N2O. The van der Waals surface area contributed by atoms with Gasteiger partial charge in [-0.15, -0.1) is 0 Å². The number of hydrogen-bond acceptors (Lipinski definition) is 3. The number of hydrogen-bond donors (Lipinski definition) is 1. The molecule has 0 spiro atoms. The summed E-state index contributed by atoms with van der Waals surface area (Å²) in [5.74, 6) is 0.0539. The molecule has 0 saturated heterocycles. The van der Waals surface area contributed by atoms with Crippen LogP contribution in [0.15, 0.2) is 53.9 Å². The lowest BCUT2D eigenvalue weighted by Crippen LogP contribution is -2.43. The summed E-state index contributed by atoms with van der Waals surface area (Å²) in [6.07, 6.45) is -2.51. The molecule has 2 heterocycles. The van der Waals surface area contributed by atoms with Gasteiger partial charge in [-0.2, -0.15) is 13.2 Å². The van der Waals surface area contributed by atoms with Gasteiger partial charge in [-0.25, -0.2) is 4.98 Å². The van der Waals surface area contributed by atoms with E-state index in [-0.39, 0.29) is 22.6 Å².